The summed E-state index contributed by atoms with van der Waals surface area (Å²) in [5, 5.41) is 0. The van der Waals surface area contributed by atoms with Gasteiger partial charge in [0.05, 0.1) is 7.11 Å². The molecule has 0 heterocycles. The van der Waals surface area contributed by atoms with Crippen molar-refractivity contribution in [2.45, 2.75) is 47.0 Å². The molecule has 0 unspecified atom stereocenters. The zero-order valence-corrected chi connectivity index (χ0v) is 12.6. The van der Waals surface area contributed by atoms with E-state index >= 15 is 0 Å². The molecule has 19 heavy (non-hydrogen) atoms. The fourth-order valence-corrected chi connectivity index (χ4v) is 0.992. The van der Waals surface area contributed by atoms with Crippen molar-refractivity contribution in [3.8, 4) is 0 Å². The van der Waals surface area contributed by atoms with Gasteiger partial charge in [-0.2, -0.15) is 0 Å². The summed E-state index contributed by atoms with van der Waals surface area (Å²) < 4.78 is 0. The van der Waals surface area contributed by atoms with Crippen molar-refractivity contribution in [1.82, 2.24) is 5.48 Å². The van der Waals surface area contributed by atoms with E-state index in [1.165, 1.54) is 7.11 Å². The summed E-state index contributed by atoms with van der Waals surface area (Å²) in [6.45, 7) is 10.8. The van der Waals surface area contributed by atoms with Crippen molar-refractivity contribution in [2.75, 3.05) is 7.11 Å². The lowest BCUT2D eigenvalue weighted by molar-refractivity contribution is -0.127. The molecule has 0 spiro atoms. The predicted molar refractivity (Wildman–Crippen MR) is 77.1 cm³/mol. The fraction of sp³-hybridized carbons (Fsp3) is 0.571. The predicted octanol–water partition coefficient (Wildman–Crippen LogP) is 2.24. The third kappa shape index (κ3) is 11.2. The van der Waals surface area contributed by atoms with E-state index in [1.807, 2.05) is 13.8 Å². The Balaban J connectivity index is 0. The standard InChI is InChI=1S/C10H19NO2.C4H7NO/c1-5-6-7-8(2)9(3)10(12)11-13-4;1-3(2)4(5)6/h5-7H2,1-4H3,(H,11,12);1H2,2H3,(H2,5,6). The van der Waals surface area contributed by atoms with Crippen LogP contribution >= 0.6 is 0 Å². The van der Waals surface area contributed by atoms with E-state index in [0.717, 1.165) is 30.4 Å². The van der Waals surface area contributed by atoms with E-state index in [2.05, 4.69) is 23.8 Å². The molecule has 0 aliphatic rings. The Bertz CT molecular complexity index is 335. The Morgan fingerprint density at radius 1 is 1.26 bits per heavy atom. The summed E-state index contributed by atoms with van der Waals surface area (Å²) >= 11 is 0. The minimum absolute atomic E-state index is 0.142. The zero-order valence-electron chi connectivity index (χ0n) is 12.6. The van der Waals surface area contributed by atoms with Gasteiger partial charge in [0.15, 0.2) is 0 Å². The van der Waals surface area contributed by atoms with Gasteiger partial charge in [-0.05, 0) is 33.6 Å². The SMILES string of the molecule is C=C(C)C(N)=O.CCCCC(C)=C(C)C(=O)NOC. The Labute approximate surface area is 115 Å². The van der Waals surface area contributed by atoms with E-state index in [-0.39, 0.29) is 5.91 Å². The molecule has 0 rings (SSSR count). The number of allylic oxidation sites excluding steroid dienone is 1. The maximum Gasteiger partial charge on any atom is 0.270 e. The van der Waals surface area contributed by atoms with Crippen LogP contribution in [-0.2, 0) is 14.4 Å². The molecule has 0 aliphatic heterocycles. The molecule has 3 N–H and O–H groups in total. The summed E-state index contributed by atoms with van der Waals surface area (Å²) in [6, 6.07) is 0. The van der Waals surface area contributed by atoms with Gasteiger partial charge in [-0.3, -0.25) is 14.4 Å². The lowest BCUT2D eigenvalue weighted by Gasteiger charge is -2.06. The van der Waals surface area contributed by atoms with Gasteiger partial charge in [0.25, 0.3) is 5.91 Å². The maximum absolute atomic E-state index is 11.3. The number of hydroxylamine groups is 1. The molecule has 0 aromatic carbocycles. The van der Waals surface area contributed by atoms with Crippen molar-refractivity contribution in [2.24, 2.45) is 5.73 Å². The molecule has 0 aliphatic carbocycles. The van der Waals surface area contributed by atoms with Gasteiger partial charge in [-0.1, -0.05) is 25.5 Å². The first-order chi connectivity index (χ1) is 8.77. The van der Waals surface area contributed by atoms with Crippen LogP contribution in [0.3, 0.4) is 0 Å². The number of hydrogen-bond donors (Lipinski definition) is 2. The summed E-state index contributed by atoms with van der Waals surface area (Å²) in [4.78, 5) is 25.6. The van der Waals surface area contributed by atoms with Crippen LogP contribution in [0.15, 0.2) is 23.3 Å². The number of primary amides is 1. The molecule has 0 radical (unpaired) electrons. The topological polar surface area (TPSA) is 81.4 Å². The number of carbonyl (C=O) groups is 2. The summed E-state index contributed by atoms with van der Waals surface area (Å²) in [5.41, 5.74) is 9.30. The lowest BCUT2D eigenvalue weighted by Crippen LogP contribution is -2.23. The van der Waals surface area contributed by atoms with Gasteiger partial charge >= 0.3 is 0 Å². The summed E-state index contributed by atoms with van der Waals surface area (Å²) in [6.07, 6.45) is 3.26. The van der Waals surface area contributed by atoms with Gasteiger partial charge in [0.2, 0.25) is 5.91 Å². The van der Waals surface area contributed by atoms with Crippen LogP contribution in [-0.4, -0.2) is 18.9 Å². The second-order valence-electron chi connectivity index (χ2n) is 4.29. The lowest BCUT2D eigenvalue weighted by atomic mass is 10.1. The second-order valence-corrected chi connectivity index (χ2v) is 4.29. The van der Waals surface area contributed by atoms with Gasteiger partial charge in [0.1, 0.15) is 0 Å². The van der Waals surface area contributed by atoms with Gasteiger partial charge < -0.3 is 5.73 Å². The van der Waals surface area contributed by atoms with Crippen LogP contribution in [0.25, 0.3) is 0 Å². The first-order valence-corrected chi connectivity index (χ1v) is 6.22. The molecule has 5 nitrogen and oxygen atoms in total. The Morgan fingerprint density at radius 2 is 1.74 bits per heavy atom. The van der Waals surface area contributed by atoms with E-state index < -0.39 is 5.91 Å². The molecular weight excluding hydrogens is 244 g/mol. The van der Waals surface area contributed by atoms with Gasteiger partial charge in [-0.15, -0.1) is 0 Å². The highest BCUT2D eigenvalue weighted by molar-refractivity contribution is 5.92. The van der Waals surface area contributed by atoms with Crippen LogP contribution < -0.4 is 11.2 Å². The highest BCUT2D eigenvalue weighted by atomic mass is 16.6. The molecule has 0 atom stereocenters. The number of amides is 2. The molecule has 0 aromatic heterocycles. The maximum atomic E-state index is 11.3. The Hall–Kier alpha value is -1.62. The van der Waals surface area contributed by atoms with Crippen LogP contribution in [0.1, 0.15) is 47.0 Å². The van der Waals surface area contributed by atoms with Crippen molar-refractivity contribution in [1.29, 1.82) is 0 Å². The quantitative estimate of drug-likeness (QED) is 0.573. The number of unbranched alkanes of at least 4 members (excludes halogenated alkanes) is 1. The van der Waals surface area contributed by atoms with Crippen LogP contribution in [0.2, 0.25) is 0 Å². The highest BCUT2D eigenvalue weighted by Crippen LogP contribution is 2.11. The van der Waals surface area contributed by atoms with Crippen molar-refractivity contribution >= 4 is 11.8 Å². The third-order valence-electron chi connectivity index (χ3n) is 2.50. The highest BCUT2D eigenvalue weighted by Gasteiger charge is 2.06. The van der Waals surface area contributed by atoms with Crippen LogP contribution in [0.4, 0.5) is 0 Å². The number of nitrogens with one attached hydrogen (secondary N) is 1. The molecule has 5 heteroatoms. The zero-order chi connectivity index (χ0) is 15.4. The van der Waals surface area contributed by atoms with E-state index in [1.54, 1.807) is 6.92 Å². The number of rotatable bonds is 6. The molecule has 2 amide bonds. The average molecular weight is 270 g/mol. The summed E-state index contributed by atoms with van der Waals surface area (Å²) in [7, 11) is 1.44. The summed E-state index contributed by atoms with van der Waals surface area (Å²) in [5.74, 6) is -0.578. The minimum Gasteiger partial charge on any atom is -0.366 e. The van der Waals surface area contributed by atoms with Crippen molar-refractivity contribution in [3.63, 3.8) is 0 Å². The number of nitrogens with two attached hydrogens (primary N) is 1. The largest absolute Gasteiger partial charge is 0.366 e. The van der Waals surface area contributed by atoms with E-state index in [9.17, 15) is 9.59 Å². The van der Waals surface area contributed by atoms with Crippen LogP contribution in [0, 0.1) is 0 Å². The van der Waals surface area contributed by atoms with Crippen molar-refractivity contribution in [3.05, 3.63) is 23.3 Å². The van der Waals surface area contributed by atoms with Gasteiger partial charge in [-0.25, -0.2) is 5.48 Å². The van der Waals surface area contributed by atoms with E-state index in [0.29, 0.717) is 5.57 Å². The molecule has 0 saturated carbocycles. The smallest absolute Gasteiger partial charge is 0.270 e. The monoisotopic (exact) mass is 270 g/mol. The fourth-order valence-electron chi connectivity index (χ4n) is 0.992. The Kier molecular flexibility index (Phi) is 11.9. The van der Waals surface area contributed by atoms with Gasteiger partial charge in [0, 0.05) is 11.1 Å². The molecule has 0 saturated heterocycles. The average Bonchev–Trinajstić information content (AvgIpc) is 2.35. The van der Waals surface area contributed by atoms with E-state index in [4.69, 9.17) is 5.73 Å². The minimum atomic E-state index is -0.435. The molecule has 0 fully saturated rings. The molecule has 110 valence electrons. The Morgan fingerprint density at radius 3 is 2.05 bits per heavy atom. The third-order valence-corrected chi connectivity index (χ3v) is 2.50. The molecular formula is C14H26N2O3. The molecule has 0 bridgehead atoms. The van der Waals surface area contributed by atoms with Crippen LogP contribution in [0.5, 0.6) is 0 Å². The normalized spacial score (nSPS) is 10.8. The first kappa shape index (κ1) is 19.7. The first-order valence-electron chi connectivity index (χ1n) is 6.22. The van der Waals surface area contributed by atoms with Crippen molar-refractivity contribution < 1.29 is 14.4 Å². The molecule has 0 aromatic rings. The number of hydrogen-bond acceptors (Lipinski definition) is 3. The number of carbonyl (C=O) groups excluding carboxylic acids is 2. The second kappa shape index (κ2) is 11.5.